The van der Waals surface area contributed by atoms with E-state index in [2.05, 4.69) is 10.0 Å². The molecule has 0 bridgehead atoms. The molecule has 8 nitrogen and oxygen atoms in total. The summed E-state index contributed by atoms with van der Waals surface area (Å²) in [7, 11) is 0.220. The highest BCUT2D eigenvalue weighted by Gasteiger charge is 2.21. The van der Waals surface area contributed by atoms with Crippen LogP contribution in [0.5, 0.6) is 17.2 Å². The van der Waals surface area contributed by atoms with Crippen LogP contribution in [-0.2, 0) is 10.0 Å². The number of nitrogens with one attached hydrogen (secondary N) is 2. The van der Waals surface area contributed by atoms with Crippen LogP contribution in [0.3, 0.4) is 0 Å². The molecule has 3 aromatic rings. The predicted octanol–water partition coefficient (Wildman–Crippen LogP) is 4.21. The Morgan fingerprint density at radius 3 is 2.12 bits per heavy atom. The van der Waals surface area contributed by atoms with Crippen molar-refractivity contribution >= 4 is 27.3 Å². The van der Waals surface area contributed by atoms with Gasteiger partial charge in [-0.15, -0.1) is 0 Å². The van der Waals surface area contributed by atoms with Gasteiger partial charge in [0, 0.05) is 23.4 Å². The van der Waals surface area contributed by atoms with Gasteiger partial charge in [0.15, 0.2) is 11.5 Å². The van der Waals surface area contributed by atoms with Gasteiger partial charge in [0.05, 0.1) is 31.9 Å². The molecule has 10 heteroatoms. The Hall–Kier alpha value is -3.79. The highest BCUT2D eigenvalue weighted by Crippen LogP contribution is 2.40. The maximum atomic E-state index is 13.9. The van der Waals surface area contributed by atoms with Crippen molar-refractivity contribution in [3.8, 4) is 17.2 Å². The Morgan fingerprint density at radius 1 is 0.909 bits per heavy atom. The number of carbonyl (C=O) groups excluding carboxylic acids is 1. The quantitative estimate of drug-likeness (QED) is 0.507. The van der Waals surface area contributed by atoms with Crippen molar-refractivity contribution < 1.29 is 31.8 Å². The van der Waals surface area contributed by atoms with Gasteiger partial charge in [0.2, 0.25) is 5.75 Å². The SMILES string of the molecule is COc1cc(NC(=O)c2cc(S(=O)(=O)Nc3ccccc3F)ccc2C)cc(OC)c1OC. The molecule has 1 amide bonds. The molecule has 0 saturated carbocycles. The van der Waals surface area contributed by atoms with Crippen LogP contribution in [0.1, 0.15) is 15.9 Å². The molecular formula is C23H23FN2O6S. The number of ether oxygens (including phenoxy) is 3. The molecule has 0 aliphatic carbocycles. The van der Waals surface area contributed by atoms with Crippen molar-refractivity contribution in [2.45, 2.75) is 11.8 Å². The van der Waals surface area contributed by atoms with Crippen molar-refractivity contribution in [1.82, 2.24) is 0 Å². The predicted molar refractivity (Wildman–Crippen MR) is 122 cm³/mol. The summed E-state index contributed by atoms with van der Waals surface area (Å²) in [5.41, 5.74) is 0.832. The second-order valence-corrected chi connectivity index (χ2v) is 8.61. The Balaban J connectivity index is 1.92. The van der Waals surface area contributed by atoms with Crippen LogP contribution in [0.2, 0.25) is 0 Å². The van der Waals surface area contributed by atoms with E-state index >= 15 is 0 Å². The standard InChI is InChI=1S/C23H23FN2O6S/c1-14-9-10-16(33(28,29)26-19-8-6-5-7-18(19)24)13-17(14)23(27)25-15-11-20(30-2)22(32-4)21(12-15)31-3/h5-13,26H,1-4H3,(H,25,27). The van der Waals surface area contributed by atoms with Crippen LogP contribution in [0.4, 0.5) is 15.8 Å². The van der Waals surface area contributed by atoms with E-state index in [9.17, 15) is 17.6 Å². The third-order valence-corrected chi connectivity index (χ3v) is 6.17. The molecule has 0 saturated heterocycles. The average molecular weight is 475 g/mol. The maximum absolute atomic E-state index is 13.9. The third kappa shape index (κ3) is 5.17. The molecule has 0 aliphatic heterocycles. The van der Waals surface area contributed by atoms with Gasteiger partial charge in [-0.1, -0.05) is 18.2 Å². The first kappa shape index (κ1) is 23.9. The van der Waals surface area contributed by atoms with E-state index in [1.165, 1.54) is 57.7 Å². The van der Waals surface area contributed by atoms with Crippen LogP contribution in [0.15, 0.2) is 59.5 Å². The molecule has 33 heavy (non-hydrogen) atoms. The van der Waals surface area contributed by atoms with E-state index in [1.54, 1.807) is 19.1 Å². The Labute approximate surface area is 191 Å². The zero-order valence-corrected chi connectivity index (χ0v) is 19.2. The summed E-state index contributed by atoms with van der Waals surface area (Å²) in [5.74, 6) is -0.219. The zero-order chi connectivity index (χ0) is 24.2. The van der Waals surface area contributed by atoms with E-state index in [4.69, 9.17) is 14.2 Å². The Morgan fingerprint density at radius 2 is 1.55 bits per heavy atom. The van der Waals surface area contributed by atoms with Crippen LogP contribution in [0, 0.1) is 12.7 Å². The monoisotopic (exact) mass is 474 g/mol. The molecule has 0 fully saturated rings. The smallest absolute Gasteiger partial charge is 0.262 e. The lowest BCUT2D eigenvalue weighted by molar-refractivity contribution is 0.102. The van der Waals surface area contributed by atoms with Gasteiger partial charge >= 0.3 is 0 Å². The molecule has 0 radical (unpaired) electrons. The molecule has 0 atom stereocenters. The molecule has 0 aromatic heterocycles. The van der Waals surface area contributed by atoms with Crippen molar-refractivity contribution in [2.24, 2.45) is 0 Å². The number of aryl methyl sites for hydroxylation is 1. The second-order valence-electron chi connectivity index (χ2n) is 6.93. The number of halogens is 1. The van der Waals surface area contributed by atoms with Crippen molar-refractivity contribution in [1.29, 1.82) is 0 Å². The number of methoxy groups -OCH3 is 3. The molecule has 3 aromatic carbocycles. The maximum Gasteiger partial charge on any atom is 0.262 e. The third-order valence-electron chi connectivity index (χ3n) is 4.80. The first-order chi connectivity index (χ1) is 15.7. The van der Waals surface area contributed by atoms with Crippen molar-refractivity contribution in [3.63, 3.8) is 0 Å². The van der Waals surface area contributed by atoms with E-state index in [1.807, 2.05) is 0 Å². The summed E-state index contributed by atoms with van der Waals surface area (Å²) in [6, 6.07) is 12.6. The summed E-state index contributed by atoms with van der Waals surface area (Å²) < 4.78 is 57.5. The highest BCUT2D eigenvalue weighted by molar-refractivity contribution is 7.92. The number of sulfonamides is 1. The number of benzene rings is 3. The molecule has 2 N–H and O–H groups in total. The number of rotatable bonds is 8. The van der Waals surface area contributed by atoms with Crippen LogP contribution >= 0.6 is 0 Å². The molecule has 3 rings (SSSR count). The molecule has 0 unspecified atom stereocenters. The fourth-order valence-electron chi connectivity index (χ4n) is 3.11. The van der Waals surface area contributed by atoms with Crippen LogP contribution < -0.4 is 24.2 Å². The van der Waals surface area contributed by atoms with E-state index in [0.29, 0.717) is 28.5 Å². The molecule has 0 heterocycles. The minimum atomic E-state index is -4.14. The van der Waals surface area contributed by atoms with Gasteiger partial charge in [-0.3, -0.25) is 9.52 Å². The summed E-state index contributed by atoms with van der Waals surface area (Å²) in [5, 5.41) is 2.71. The van der Waals surface area contributed by atoms with Crippen LogP contribution in [-0.4, -0.2) is 35.7 Å². The topological polar surface area (TPSA) is 103 Å². The lowest BCUT2D eigenvalue weighted by atomic mass is 10.1. The van der Waals surface area contributed by atoms with E-state index in [-0.39, 0.29) is 16.1 Å². The first-order valence-corrected chi connectivity index (χ1v) is 11.2. The molecule has 0 spiro atoms. The fourth-order valence-corrected chi connectivity index (χ4v) is 4.21. The summed E-state index contributed by atoms with van der Waals surface area (Å²) >= 11 is 0. The first-order valence-electron chi connectivity index (χ1n) is 9.69. The number of anilines is 2. The van der Waals surface area contributed by atoms with Gasteiger partial charge in [-0.2, -0.15) is 0 Å². The normalized spacial score (nSPS) is 10.9. The largest absolute Gasteiger partial charge is 0.493 e. The minimum absolute atomic E-state index is 0.125. The number of amides is 1. The average Bonchev–Trinajstić information content (AvgIpc) is 2.79. The fraction of sp³-hybridized carbons (Fsp3) is 0.174. The van der Waals surface area contributed by atoms with Gasteiger partial charge in [-0.25, -0.2) is 12.8 Å². The van der Waals surface area contributed by atoms with Gasteiger partial charge in [-0.05, 0) is 36.8 Å². The lowest BCUT2D eigenvalue weighted by Gasteiger charge is -2.15. The summed E-state index contributed by atoms with van der Waals surface area (Å²) in [6.45, 7) is 1.67. The van der Waals surface area contributed by atoms with Gasteiger partial charge in [0.25, 0.3) is 15.9 Å². The van der Waals surface area contributed by atoms with Crippen LogP contribution in [0.25, 0.3) is 0 Å². The molecule has 174 valence electrons. The Kier molecular flexibility index (Phi) is 7.07. The number of hydrogen-bond donors (Lipinski definition) is 2. The van der Waals surface area contributed by atoms with E-state index in [0.717, 1.165) is 6.07 Å². The molecular weight excluding hydrogens is 451 g/mol. The number of carbonyl (C=O) groups is 1. The number of hydrogen-bond acceptors (Lipinski definition) is 6. The zero-order valence-electron chi connectivity index (χ0n) is 18.4. The summed E-state index contributed by atoms with van der Waals surface area (Å²) in [6.07, 6.45) is 0. The van der Waals surface area contributed by atoms with Gasteiger partial charge < -0.3 is 19.5 Å². The van der Waals surface area contributed by atoms with Crippen molar-refractivity contribution in [2.75, 3.05) is 31.4 Å². The van der Waals surface area contributed by atoms with Gasteiger partial charge in [0.1, 0.15) is 5.82 Å². The minimum Gasteiger partial charge on any atom is -0.493 e. The highest BCUT2D eigenvalue weighted by atomic mass is 32.2. The lowest BCUT2D eigenvalue weighted by Crippen LogP contribution is -2.17. The van der Waals surface area contributed by atoms with E-state index < -0.39 is 21.7 Å². The molecule has 0 aliphatic rings. The second kappa shape index (κ2) is 9.78. The Bertz CT molecular complexity index is 1270. The number of para-hydroxylation sites is 1. The summed E-state index contributed by atoms with van der Waals surface area (Å²) in [4.78, 5) is 12.8. The van der Waals surface area contributed by atoms with Crippen molar-refractivity contribution in [3.05, 3.63) is 71.5 Å².